The predicted octanol–water partition coefficient (Wildman–Crippen LogP) is 2.99. The van der Waals surface area contributed by atoms with Crippen LogP contribution >= 0.6 is 0 Å². The molecule has 0 saturated carbocycles. The maximum atomic E-state index is 11.9. The second-order valence-electron chi connectivity index (χ2n) is 5.60. The average Bonchev–Trinajstić information content (AvgIpc) is 3.24. The average molecular weight is 368 g/mol. The number of amides is 1. The monoisotopic (exact) mass is 368 g/mol. The number of ether oxygens (including phenoxy) is 2. The minimum absolute atomic E-state index is 0.217. The number of methoxy groups -OCH3 is 2. The number of nitrogens with one attached hydrogen (secondary N) is 2. The Morgan fingerprint density at radius 1 is 1.04 bits per heavy atom. The van der Waals surface area contributed by atoms with Gasteiger partial charge in [0, 0.05) is 6.54 Å². The standard InChI is InChI=1S/C19H20N4O4/c1-25-14-6-5-13(12-16(14)26-2)9-10-20-17-7-8-18(23-22-17)21-19(24)15-4-3-11-27-15/h3-8,11-12H,9-10H2,1-2H3,(H,20,22)(H,21,23,24). The molecular formula is C19H20N4O4. The minimum Gasteiger partial charge on any atom is -0.493 e. The van der Waals surface area contributed by atoms with E-state index in [9.17, 15) is 4.79 Å². The number of anilines is 2. The fourth-order valence-corrected chi connectivity index (χ4v) is 2.45. The van der Waals surface area contributed by atoms with E-state index in [1.165, 1.54) is 6.26 Å². The van der Waals surface area contributed by atoms with E-state index in [4.69, 9.17) is 13.9 Å². The first-order valence-corrected chi connectivity index (χ1v) is 8.33. The number of hydrogen-bond donors (Lipinski definition) is 2. The molecule has 0 aliphatic rings. The summed E-state index contributed by atoms with van der Waals surface area (Å²) in [5.41, 5.74) is 1.11. The van der Waals surface area contributed by atoms with Crippen molar-refractivity contribution in [2.75, 3.05) is 31.4 Å². The van der Waals surface area contributed by atoms with Crippen LogP contribution < -0.4 is 20.1 Å². The Kier molecular flexibility index (Phi) is 5.88. The lowest BCUT2D eigenvalue weighted by atomic mass is 10.1. The van der Waals surface area contributed by atoms with E-state index in [0.717, 1.165) is 12.0 Å². The normalized spacial score (nSPS) is 10.3. The molecule has 0 aliphatic carbocycles. The summed E-state index contributed by atoms with van der Waals surface area (Å²) >= 11 is 0. The molecule has 27 heavy (non-hydrogen) atoms. The number of nitrogens with zero attached hydrogens (tertiary/aromatic N) is 2. The van der Waals surface area contributed by atoms with E-state index in [1.807, 2.05) is 18.2 Å². The largest absolute Gasteiger partial charge is 0.493 e. The molecule has 140 valence electrons. The number of carbonyl (C=O) groups is 1. The first kappa shape index (κ1) is 18.2. The van der Waals surface area contributed by atoms with Crippen molar-refractivity contribution in [3.05, 3.63) is 60.1 Å². The van der Waals surface area contributed by atoms with Crippen molar-refractivity contribution in [3.8, 4) is 11.5 Å². The van der Waals surface area contributed by atoms with Crippen molar-refractivity contribution in [1.82, 2.24) is 10.2 Å². The zero-order chi connectivity index (χ0) is 19.1. The SMILES string of the molecule is COc1ccc(CCNc2ccc(NC(=O)c3ccco3)nn2)cc1OC. The quantitative estimate of drug-likeness (QED) is 0.630. The molecule has 8 nitrogen and oxygen atoms in total. The van der Waals surface area contributed by atoms with Crippen LogP contribution in [0.1, 0.15) is 16.1 Å². The summed E-state index contributed by atoms with van der Waals surface area (Å²) in [4.78, 5) is 11.9. The Hall–Kier alpha value is -3.55. The maximum Gasteiger partial charge on any atom is 0.292 e. The van der Waals surface area contributed by atoms with Crippen molar-refractivity contribution < 1.29 is 18.7 Å². The molecule has 0 saturated heterocycles. The molecule has 2 N–H and O–H groups in total. The highest BCUT2D eigenvalue weighted by atomic mass is 16.5. The van der Waals surface area contributed by atoms with Gasteiger partial charge in [-0.2, -0.15) is 0 Å². The summed E-state index contributed by atoms with van der Waals surface area (Å²) in [7, 11) is 3.22. The Morgan fingerprint density at radius 3 is 2.48 bits per heavy atom. The maximum absolute atomic E-state index is 11.9. The van der Waals surface area contributed by atoms with Crippen molar-refractivity contribution >= 4 is 17.5 Å². The third kappa shape index (κ3) is 4.75. The van der Waals surface area contributed by atoms with E-state index < -0.39 is 0 Å². The van der Waals surface area contributed by atoms with Crippen LogP contribution in [0.4, 0.5) is 11.6 Å². The van der Waals surface area contributed by atoms with Gasteiger partial charge in [-0.15, -0.1) is 10.2 Å². The lowest BCUT2D eigenvalue weighted by Gasteiger charge is -2.10. The van der Waals surface area contributed by atoms with Crippen LogP contribution in [0.2, 0.25) is 0 Å². The van der Waals surface area contributed by atoms with Gasteiger partial charge in [0.2, 0.25) is 0 Å². The van der Waals surface area contributed by atoms with Gasteiger partial charge in [-0.05, 0) is 48.4 Å². The molecule has 0 atom stereocenters. The Labute approximate surface area is 156 Å². The summed E-state index contributed by atoms with van der Waals surface area (Å²) < 4.78 is 15.6. The van der Waals surface area contributed by atoms with Crippen LogP contribution in [0.25, 0.3) is 0 Å². The van der Waals surface area contributed by atoms with Gasteiger partial charge in [-0.1, -0.05) is 6.07 Å². The van der Waals surface area contributed by atoms with Crippen LogP contribution in [0.5, 0.6) is 11.5 Å². The molecule has 0 unspecified atom stereocenters. The molecular weight excluding hydrogens is 348 g/mol. The fraction of sp³-hybridized carbons (Fsp3) is 0.211. The molecule has 3 rings (SSSR count). The van der Waals surface area contributed by atoms with Gasteiger partial charge in [-0.3, -0.25) is 4.79 Å². The van der Waals surface area contributed by atoms with E-state index in [-0.39, 0.29) is 11.7 Å². The van der Waals surface area contributed by atoms with Crippen molar-refractivity contribution in [2.24, 2.45) is 0 Å². The Morgan fingerprint density at radius 2 is 1.81 bits per heavy atom. The third-order valence-electron chi connectivity index (χ3n) is 3.82. The number of aromatic nitrogens is 2. The van der Waals surface area contributed by atoms with E-state index in [0.29, 0.717) is 29.7 Å². The molecule has 1 aromatic carbocycles. The first-order valence-electron chi connectivity index (χ1n) is 8.33. The van der Waals surface area contributed by atoms with E-state index in [2.05, 4.69) is 20.8 Å². The van der Waals surface area contributed by atoms with E-state index in [1.54, 1.807) is 38.5 Å². The number of furan rings is 1. The summed E-state index contributed by atoms with van der Waals surface area (Å²) in [5.74, 6) is 2.21. The van der Waals surface area contributed by atoms with Crippen molar-refractivity contribution in [1.29, 1.82) is 0 Å². The van der Waals surface area contributed by atoms with Crippen LogP contribution in [-0.2, 0) is 6.42 Å². The first-order chi connectivity index (χ1) is 13.2. The lowest BCUT2D eigenvalue weighted by molar-refractivity contribution is 0.0996. The van der Waals surface area contributed by atoms with Gasteiger partial charge in [0.15, 0.2) is 23.1 Å². The highest BCUT2D eigenvalue weighted by Gasteiger charge is 2.09. The number of hydrogen-bond acceptors (Lipinski definition) is 7. The van der Waals surface area contributed by atoms with Gasteiger partial charge in [-0.25, -0.2) is 0 Å². The lowest BCUT2D eigenvalue weighted by Crippen LogP contribution is -2.13. The molecule has 0 spiro atoms. The molecule has 2 aromatic heterocycles. The van der Waals surface area contributed by atoms with Gasteiger partial charge < -0.3 is 24.5 Å². The van der Waals surface area contributed by atoms with Crippen LogP contribution in [0, 0.1) is 0 Å². The Bertz CT molecular complexity index is 879. The van der Waals surface area contributed by atoms with Crippen LogP contribution in [0.3, 0.4) is 0 Å². The molecule has 0 fully saturated rings. The number of benzene rings is 1. The van der Waals surface area contributed by atoms with Crippen LogP contribution in [0.15, 0.2) is 53.1 Å². The van der Waals surface area contributed by atoms with Crippen molar-refractivity contribution in [3.63, 3.8) is 0 Å². The van der Waals surface area contributed by atoms with Crippen molar-refractivity contribution in [2.45, 2.75) is 6.42 Å². The second-order valence-corrected chi connectivity index (χ2v) is 5.60. The molecule has 3 aromatic rings. The molecule has 1 amide bonds. The summed E-state index contributed by atoms with van der Waals surface area (Å²) in [5, 5.41) is 13.8. The highest BCUT2D eigenvalue weighted by molar-refractivity contribution is 6.01. The molecule has 0 aliphatic heterocycles. The smallest absolute Gasteiger partial charge is 0.292 e. The zero-order valence-electron chi connectivity index (χ0n) is 15.1. The van der Waals surface area contributed by atoms with Gasteiger partial charge in [0.05, 0.1) is 20.5 Å². The van der Waals surface area contributed by atoms with Gasteiger partial charge in [0.25, 0.3) is 5.91 Å². The minimum atomic E-state index is -0.372. The topological polar surface area (TPSA) is 98.5 Å². The molecule has 2 heterocycles. The van der Waals surface area contributed by atoms with Gasteiger partial charge >= 0.3 is 0 Å². The summed E-state index contributed by atoms with van der Waals surface area (Å²) in [6.45, 7) is 0.669. The third-order valence-corrected chi connectivity index (χ3v) is 3.82. The van der Waals surface area contributed by atoms with Gasteiger partial charge in [0.1, 0.15) is 5.82 Å². The second kappa shape index (κ2) is 8.70. The van der Waals surface area contributed by atoms with E-state index >= 15 is 0 Å². The summed E-state index contributed by atoms with van der Waals surface area (Å²) in [6.07, 6.45) is 2.21. The fourth-order valence-electron chi connectivity index (χ4n) is 2.45. The summed E-state index contributed by atoms with van der Waals surface area (Å²) in [6, 6.07) is 12.5. The van der Waals surface area contributed by atoms with Crippen LogP contribution in [-0.4, -0.2) is 36.9 Å². The Balaban J connectivity index is 1.51. The number of rotatable bonds is 8. The number of carbonyl (C=O) groups excluding carboxylic acids is 1. The molecule has 0 bridgehead atoms. The molecule has 0 radical (unpaired) electrons. The zero-order valence-corrected chi connectivity index (χ0v) is 15.1. The highest BCUT2D eigenvalue weighted by Crippen LogP contribution is 2.27. The predicted molar refractivity (Wildman–Crippen MR) is 100 cm³/mol. The molecule has 8 heteroatoms.